The van der Waals surface area contributed by atoms with Gasteiger partial charge in [-0.1, -0.05) is 23.9 Å². The van der Waals surface area contributed by atoms with Crippen molar-refractivity contribution in [2.24, 2.45) is 5.16 Å². The Morgan fingerprint density at radius 3 is 2.38 bits per heavy atom. The van der Waals surface area contributed by atoms with Crippen LogP contribution in [0.1, 0.15) is 37.5 Å². The maximum atomic E-state index is 11.7. The normalized spacial score (nSPS) is 11.6. The number of nitro groups is 1. The minimum atomic E-state index is -0.550. The molecule has 0 amide bonds. The number of hydrogen-bond donors (Lipinski definition) is 0. The van der Waals surface area contributed by atoms with E-state index >= 15 is 0 Å². The van der Waals surface area contributed by atoms with Crippen molar-refractivity contribution in [3.8, 4) is 0 Å². The number of esters is 1. The zero-order valence-electron chi connectivity index (χ0n) is 22.7. The number of ether oxygens (including phenoxy) is 1. The maximum absolute atomic E-state index is 11.7. The number of non-ortho nitro benzene ring substituents is 1. The van der Waals surface area contributed by atoms with Crippen LogP contribution >= 0.6 is 11.8 Å². The SMILES string of the molecule is C=C(C)C(=O)OCCSc1ccc(/C(=N\OC(C)=O)c2ccc3c(c2)c2cc([N+](=O)[O-])ccc2n3CC)c(C)c1. The van der Waals surface area contributed by atoms with Crippen molar-refractivity contribution in [2.75, 3.05) is 12.4 Å². The minimum Gasteiger partial charge on any atom is -0.461 e. The van der Waals surface area contributed by atoms with Crippen LogP contribution in [0.4, 0.5) is 5.69 Å². The van der Waals surface area contributed by atoms with Gasteiger partial charge in [-0.15, -0.1) is 11.8 Å². The van der Waals surface area contributed by atoms with Gasteiger partial charge in [0.2, 0.25) is 0 Å². The number of thioether (sulfide) groups is 1. The second-order valence-corrected chi connectivity index (χ2v) is 10.4. The summed E-state index contributed by atoms with van der Waals surface area (Å²) in [5.74, 6) is -0.380. The van der Waals surface area contributed by atoms with Crippen LogP contribution in [0.5, 0.6) is 0 Å². The van der Waals surface area contributed by atoms with Crippen LogP contribution in [0.2, 0.25) is 0 Å². The Morgan fingerprint density at radius 1 is 1.05 bits per heavy atom. The summed E-state index contributed by atoms with van der Waals surface area (Å²) in [7, 11) is 0. The summed E-state index contributed by atoms with van der Waals surface area (Å²) in [6, 6.07) is 16.5. The Hall–Kier alpha value is -4.44. The molecule has 0 N–H and O–H groups in total. The molecule has 40 heavy (non-hydrogen) atoms. The fourth-order valence-corrected chi connectivity index (χ4v) is 5.30. The number of aromatic nitrogens is 1. The number of aryl methyl sites for hydroxylation is 2. The lowest BCUT2D eigenvalue weighted by Crippen LogP contribution is -2.09. The molecule has 0 atom stereocenters. The fourth-order valence-electron chi connectivity index (χ4n) is 4.47. The van der Waals surface area contributed by atoms with Gasteiger partial charge in [0.1, 0.15) is 12.3 Å². The minimum absolute atomic E-state index is 0.0141. The molecule has 0 spiro atoms. The van der Waals surface area contributed by atoms with Gasteiger partial charge in [0.25, 0.3) is 5.69 Å². The van der Waals surface area contributed by atoms with E-state index in [9.17, 15) is 19.7 Å². The molecule has 4 aromatic rings. The highest BCUT2D eigenvalue weighted by molar-refractivity contribution is 7.99. The van der Waals surface area contributed by atoms with E-state index in [0.717, 1.165) is 37.8 Å². The first-order chi connectivity index (χ1) is 19.1. The Balaban J connectivity index is 1.73. The summed E-state index contributed by atoms with van der Waals surface area (Å²) in [6.45, 7) is 11.4. The quantitative estimate of drug-likeness (QED) is 0.0316. The second-order valence-electron chi connectivity index (χ2n) is 9.20. The molecular weight excluding hydrogens is 530 g/mol. The number of nitrogens with zero attached hydrogens (tertiary/aromatic N) is 3. The van der Waals surface area contributed by atoms with Crippen molar-refractivity contribution in [3.63, 3.8) is 0 Å². The molecule has 0 bridgehead atoms. The molecule has 1 heterocycles. The van der Waals surface area contributed by atoms with Gasteiger partial charge in [0.15, 0.2) is 0 Å². The smallest absolute Gasteiger partial charge is 0.333 e. The van der Waals surface area contributed by atoms with Crippen molar-refractivity contribution in [1.82, 2.24) is 4.57 Å². The van der Waals surface area contributed by atoms with Gasteiger partial charge in [-0.25, -0.2) is 9.59 Å². The molecule has 3 aromatic carbocycles. The van der Waals surface area contributed by atoms with Gasteiger partial charge in [0.05, 0.1) is 4.92 Å². The van der Waals surface area contributed by atoms with Crippen LogP contribution < -0.4 is 0 Å². The Bertz CT molecular complexity index is 1690. The van der Waals surface area contributed by atoms with Gasteiger partial charge in [-0.05, 0) is 56.7 Å². The lowest BCUT2D eigenvalue weighted by Gasteiger charge is -2.12. The van der Waals surface area contributed by atoms with Gasteiger partial charge in [-0.2, -0.15) is 0 Å². The second kappa shape index (κ2) is 12.2. The van der Waals surface area contributed by atoms with Crippen LogP contribution in [-0.2, 0) is 25.7 Å². The number of carbonyl (C=O) groups is 2. The van der Waals surface area contributed by atoms with E-state index in [0.29, 0.717) is 29.1 Å². The lowest BCUT2D eigenvalue weighted by molar-refractivity contribution is -0.384. The van der Waals surface area contributed by atoms with Crippen LogP contribution in [0, 0.1) is 17.0 Å². The zero-order chi connectivity index (χ0) is 29.0. The molecule has 0 unspecified atom stereocenters. The van der Waals surface area contributed by atoms with Crippen molar-refractivity contribution < 1.29 is 24.1 Å². The zero-order valence-corrected chi connectivity index (χ0v) is 23.5. The van der Waals surface area contributed by atoms with E-state index in [2.05, 4.69) is 16.3 Å². The monoisotopic (exact) mass is 559 g/mol. The highest BCUT2D eigenvalue weighted by atomic mass is 32.2. The Morgan fingerprint density at radius 2 is 1.75 bits per heavy atom. The molecule has 0 radical (unpaired) electrons. The standard InChI is InChI=1S/C30H29N3O6S/c1-6-32-27-11-7-21(16-25(27)26-17-22(33(36)37)8-12-28(26)32)29(31-39-20(5)34)24-10-9-23(15-19(24)4)40-14-13-38-30(35)18(2)3/h7-12,15-17H,2,6,13-14H2,1,3-5H3/b31-29-. The number of oxime groups is 1. The summed E-state index contributed by atoms with van der Waals surface area (Å²) >= 11 is 1.55. The van der Waals surface area contributed by atoms with Gasteiger partial charge < -0.3 is 14.1 Å². The van der Waals surface area contributed by atoms with E-state index in [4.69, 9.17) is 9.57 Å². The molecule has 206 valence electrons. The summed E-state index contributed by atoms with van der Waals surface area (Å²) in [4.78, 5) is 40.4. The summed E-state index contributed by atoms with van der Waals surface area (Å²) in [6.07, 6.45) is 0. The number of nitro benzene ring substituents is 1. The average Bonchev–Trinajstić information content (AvgIpc) is 3.24. The Kier molecular flexibility index (Phi) is 8.69. The van der Waals surface area contributed by atoms with E-state index in [1.807, 2.05) is 50.2 Å². The number of fused-ring (bicyclic) bond motifs is 3. The highest BCUT2D eigenvalue weighted by Crippen LogP contribution is 2.33. The Labute approximate surface area is 235 Å². The highest BCUT2D eigenvalue weighted by Gasteiger charge is 2.18. The molecule has 9 nitrogen and oxygen atoms in total. The predicted octanol–water partition coefficient (Wildman–Crippen LogP) is 6.56. The molecule has 0 aliphatic heterocycles. The van der Waals surface area contributed by atoms with Crippen molar-refractivity contribution in [2.45, 2.75) is 39.1 Å². The molecule has 0 aliphatic rings. The molecule has 1 aromatic heterocycles. The molecule has 0 fully saturated rings. The van der Waals surface area contributed by atoms with Crippen LogP contribution in [-0.4, -0.2) is 39.5 Å². The van der Waals surface area contributed by atoms with Crippen molar-refractivity contribution in [3.05, 3.63) is 93.6 Å². The number of benzene rings is 3. The average molecular weight is 560 g/mol. The maximum Gasteiger partial charge on any atom is 0.333 e. The number of carbonyl (C=O) groups excluding carboxylic acids is 2. The summed E-state index contributed by atoms with van der Waals surface area (Å²) in [5.41, 5.74) is 5.04. The van der Waals surface area contributed by atoms with Gasteiger partial charge >= 0.3 is 11.9 Å². The fraction of sp³-hybridized carbons (Fsp3) is 0.233. The molecule has 0 aliphatic carbocycles. The first-order valence-corrected chi connectivity index (χ1v) is 13.6. The van der Waals surface area contributed by atoms with Crippen LogP contribution in [0.3, 0.4) is 0 Å². The molecule has 0 saturated heterocycles. The summed E-state index contributed by atoms with van der Waals surface area (Å²) in [5, 5.41) is 17.3. The lowest BCUT2D eigenvalue weighted by atomic mass is 9.97. The van der Waals surface area contributed by atoms with Crippen molar-refractivity contribution >= 4 is 56.9 Å². The van der Waals surface area contributed by atoms with Gasteiger partial charge in [0, 0.05) is 74.8 Å². The first-order valence-electron chi connectivity index (χ1n) is 12.6. The third-order valence-electron chi connectivity index (χ3n) is 6.30. The number of hydrogen-bond acceptors (Lipinski definition) is 8. The van der Waals surface area contributed by atoms with Crippen molar-refractivity contribution in [1.29, 1.82) is 0 Å². The molecule has 0 saturated carbocycles. The predicted molar refractivity (Wildman–Crippen MR) is 157 cm³/mol. The largest absolute Gasteiger partial charge is 0.461 e. The van der Waals surface area contributed by atoms with E-state index in [1.54, 1.807) is 30.8 Å². The third-order valence-corrected chi connectivity index (χ3v) is 7.26. The topological polar surface area (TPSA) is 113 Å². The third kappa shape index (κ3) is 6.07. The molecule has 10 heteroatoms. The molecular formula is C30H29N3O6S. The molecule has 4 rings (SSSR count). The van der Waals surface area contributed by atoms with E-state index in [-0.39, 0.29) is 12.3 Å². The first kappa shape index (κ1) is 28.6. The van der Waals surface area contributed by atoms with Gasteiger partial charge in [-0.3, -0.25) is 10.1 Å². The van der Waals surface area contributed by atoms with E-state index < -0.39 is 16.9 Å². The van der Waals surface area contributed by atoms with Crippen LogP contribution in [0.15, 0.2) is 76.8 Å². The summed E-state index contributed by atoms with van der Waals surface area (Å²) < 4.78 is 7.26. The number of rotatable bonds is 10. The van der Waals surface area contributed by atoms with E-state index in [1.165, 1.54) is 13.0 Å². The van der Waals surface area contributed by atoms with Crippen LogP contribution in [0.25, 0.3) is 21.8 Å².